The second-order valence-corrected chi connectivity index (χ2v) is 3.88. The van der Waals surface area contributed by atoms with Gasteiger partial charge in [0.25, 0.3) is 0 Å². The van der Waals surface area contributed by atoms with Gasteiger partial charge in [-0.2, -0.15) is 0 Å². The second kappa shape index (κ2) is 4.73. The summed E-state index contributed by atoms with van der Waals surface area (Å²) in [6, 6.07) is 5.86. The predicted molar refractivity (Wildman–Crippen MR) is 57.6 cm³/mol. The fourth-order valence-electron chi connectivity index (χ4n) is 1.02. The van der Waals surface area contributed by atoms with Gasteiger partial charge >= 0.3 is 0 Å². The van der Waals surface area contributed by atoms with E-state index in [1.807, 2.05) is 18.2 Å². The average molecular weight is 249 g/mol. The van der Waals surface area contributed by atoms with Gasteiger partial charge in [-0.3, -0.25) is 0 Å². The molecule has 0 saturated heterocycles. The van der Waals surface area contributed by atoms with Crippen LogP contribution in [0.4, 0.5) is 5.69 Å². The van der Waals surface area contributed by atoms with Gasteiger partial charge in [-0.05, 0) is 30.5 Å². The molecule has 0 bridgehead atoms. The maximum absolute atomic E-state index is 5.60. The highest BCUT2D eigenvalue weighted by Gasteiger charge is 1.98. The van der Waals surface area contributed by atoms with Crippen LogP contribution in [-0.2, 0) is 6.42 Å². The third-order valence-electron chi connectivity index (χ3n) is 1.66. The Labute approximate surface area is 86.0 Å². The number of nitrogens with two attached hydrogens (primary N) is 1. The molecule has 0 aliphatic rings. The van der Waals surface area contributed by atoms with Crippen molar-refractivity contribution in [2.24, 2.45) is 0 Å². The number of hydrogen-bond acceptors (Lipinski definition) is 1. The van der Waals surface area contributed by atoms with Crippen LogP contribution in [0.15, 0.2) is 22.7 Å². The number of hydrogen-bond donors (Lipinski definition) is 1. The van der Waals surface area contributed by atoms with Gasteiger partial charge in [0, 0.05) is 16.0 Å². The molecule has 0 fully saturated rings. The highest BCUT2D eigenvalue weighted by atomic mass is 79.9. The molecule has 0 amide bonds. The minimum Gasteiger partial charge on any atom is -0.399 e. The van der Waals surface area contributed by atoms with Gasteiger partial charge in [0.2, 0.25) is 0 Å². The molecule has 1 aromatic rings. The zero-order chi connectivity index (χ0) is 8.97. The van der Waals surface area contributed by atoms with Crippen molar-refractivity contribution >= 4 is 33.2 Å². The van der Waals surface area contributed by atoms with E-state index >= 15 is 0 Å². The van der Waals surface area contributed by atoms with Gasteiger partial charge < -0.3 is 5.73 Å². The Bertz CT molecular complexity index is 263. The van der Waals surface area contributed by atoms with Gasteiger partial charge in [-0.15, -0.1) is 11.6 Å². The largest absolute Gasteiger partial charge is 0.399 e. The van der Waals surface area contributed by atoms with E-state index in [0.717, 1.165) is 23.0 Å². The average Bonchev–Trinajstić information content (AvgIpc) is 2.03. The fraction of sp³-hybridized carbons (Fsp3) is 0.333. The summed E-state index contributed by atoms with van der Waals surface area (Å²) in [5, 5.41) is 0. The normalized spacial score (nSPS) is 10.2. The van der Waals surface area contributed by atoms with Gasteiger partial charge in [-0.25, -0.2) is 0 Å². The van der Waals surface area contributed by atoms with E-state index in [1.165, 1.54) is 5.56 Å². The smallest absolute Gasteiger partial charge is 0.0325 e. The molecule has 3 heteroatoms. The van der Waals surface area contributed by atoms with Crippen LogP contribution < -0.4 is 5.73 Å². The first-order chi connectivity index (χ1) is 5.74. The van der Waals surface area contributed by atoms with E-state index in [1.54, 1.807) is 0 Å². The molecule has 0 unspecified atom stereocenters. The summed E-state index contributed by atoms with van der Waals surface area (Å²) in [6.45, 7) is 0. The highest BCUT2D eigenvalue weighted by molar-refractivity contribution is 9.10. The molecule has 0 aliphatic heterocycles. The van der Waals surface area contributed by atoms with Crippen molar-refractivity contribution in [3.63, 3.8) is 0 Å². The van der Waals surface area contributed by atoms with Crippen LogP contribution >= 0.6 is 27.5 Å². The van der Waals surface area contributed by atoms with Crippen LogP contribution in [0.1, 0.15) is 12.0 Å². The zero-order valence-electron chi connectivity index (χ0n) is 6.69. The number of aryl methyl sites for hydroxylation is 1. The number of benzene rings is 1. The van der Waals surface area contributed by atoms with Crippen LogP contribution in [0.25, 0.3) is 0 Å². The lowest BCUT2D eigenvalue weighted by Gasteiger charge is -2.03. The lowest BCUT2D eigenvalue weighted by molar-refractivity contribution is 0.924. The molecule has 1 rings (SSSR count). The molecule has 1 aromatic carbocycles. The second-order valence-electron chi connectivity index (χ2n) is 2.64. The molecular formula is C9H11BrClN. The minimum absolute atomic E-state index is 0.705. The van der Waals surface area contributed by atoms with Crippen LogP contribution in [0.5, 0.6) is 0 Å². The molecule has 0 spiro atoms. The third-order valence-corrected chi connectivity index (χ3v) is 2.66. The van der Waals surface area contributed by atoms with E-state index in [2.05, 4.69) is 15.9 Å². The van der Waals surface area contributed by atoms with Crippen molar-refractivity contribution in [1.29, 1.82) is 0 Å². The number of nitrogen functional groups attached to an aromatic ring is 1. The van der Waals surface area contributed by atoms with Crippen molar-refractivity contribution in [3.8, 4) is 0 Å². The first-order valence-corrected chi connectivity index (χ1v) is 5.16. The standard InChI is InChI=1S/C9H11BrClN/c10-9-6-8(12)4-3-7(9)2-1-5-11/h3-4,6H,1-2,5,12H2. The molecule has 0 radical (unpaired) electrons. The summed E-state index contributed by atoms with van der Waals surface area (Å²) >= 11 is 9.05. The van der Waals surface area contributed by atoms with Crippen molar-refractivity contribution in [2.45, 2.75) is 12.8 Å². The molecule has 0 saturated carbocycles. The van der Waals surface area contributed by atoms with E-state index in [4.69, 9.17) is 17.3 Å². The summed E-state index contributed by atoms with van der Waals surface area (Å²) < 4.78 is 1.08. The topological polar surface area (TPSA) is 26.0 Å². The Kier molecular flexibility index (Phi) is 3.89. The quantitative estimate of drug-likeness (QED) is 0.645. The Morgan fingerprint density at radius 2 is 2.17 bits per heavy atom. The number of alkyl halides is 1. The third kappa shape index (κ3) is 2.68. The highest BCUT2D eigenvalue weighted by Crippen LogP contribution is 2.21. The molecule has 0 aromatic heterocycles. The van der Waals surface area contributed by atoms with Crippen molar-refractivity contribution < 1.29 is 0 Å². The van der Waals surface area contributed by atoms with Crippen LogP contribution in [0.2, 0.25) is 0 Å². The van der Waals surface area contributed by atoms with E-state index in [9.17, 15) is 0 Å². The monoisotopic (exact) mass is 247 g/mol. The predicted octanol–water partition coefficient (Wildman–Crippen LogP) is 3.20. The maximum Gasteiger partial charge on any atom is 0.0325 e. The van der Waals surface area contributed by atoms with Crippen molar-refractivity contribution in [2.75, 3.05) is 11.6 Å². The maximum atomic E-state index is 5.60. The summed E-state index contributed by atoms with van der Waals surface area (Å²) in [5.41, 5.74) is 7.66. The number of anilines is 1. The summed E-state index contributed by atoms with van der Waals surface area (Å²) in [7, 11) is 0. The molecule has 1 nitrogen and oxygen atoms in total. The minimum atomic E-state index is 0.705. The summed E-state index contributed by atoms with van der Waals surface area (Å²) in [4.78, 5) is 0. The molecule has 0 heterocycles. The van der Waals surface area contributed by atoms with Crippen molar-refractivity contribution in [3.05, 3.63) is 28.2 Å². The Morgan fingerprint density at radius 3 is 2.75 bits per heavy atom. The van der Waals surface area contributed by atoms with E-state index in [-0.39, 0.29) is 0 Å². The number of halogens is 2. The zero-order valence-corrected chi connectivity index (χ0v) is 9.03. The van der Waals surface area contributed by atoms with E-state index in [0.29, 0.717) is 5.88 Å². The molecule has 66 valence electrons. The molecule has 0 atom stereocenters. The lowest BCUT2D eigenvalue weighted by Crippen LogP contribution is -1.90. The number of rotatable bonds is 3. The van der Waals surface area contributed by atoms with Gasteiger partial charge in [0.1, 0.15) is 0 Å². The first-order valence-electron chi connectivity index (χ1n) is 3.84. The Morgan fingerprint density at radius 1 is 1.42 bits per heavy atom. The van der Waals surface area contributed by atoms with Crippen LogP contribution in [0, 0.1) is 0 Å². The van der Waals surface area contributed by atoms with Crippen molar-refractivity contribution in [1.82, 2.24) is 0 Å². The van der Waals surface area contributed by atoms with Gasteiger partial charge in [-0.1, -0.05) is 22.0 Å². The Hall–Kier alpha value is -0.210. The van der Waals surface area contributed by atoms with Gasteiger partial charge in [0.15, 0.2) is 0 Å². The van der Waals surface area contributed by atoms with Crippen LogP contribution in [-0.4, -0.2) is 5.88 Å². The molecular weight excluding hydrogens is 237 g/mol. The SMILES string of the molecule is Nc1ccc(CCCCl)c(Br)c1. The summed E-state index contributed by atoms with van der Waals surface area (Å²) in [6.07, 6.45) is 2.01. The molecule has 0 aliphatic carbocycles. The fourth-order valence-corrected chi connectivity index (χ4v) is 1.75. The molecule has 2 N–H and O–H groups in total. The van der Waals surface area contributed by atoms with Crippen LogP contribution in [0.3, 0.4) is 0 Å². The lowest BCUT2D eigenvalue weighted by atomic mass is 10.1. The first kappa shape index (κ1) is 9.87. The van der Waals surface area contributed by atoms with E-state index < -0.39 is 0 Å². The van der Waals surface area contributed by atoms with Gasteiger partial charge in [0.05, 0.1) is 0 Å². The molecule has 12 heavy (non-hydrogen) atoms. The summed E-state index contributed by atoms with van der Waals surface area (Å²) in [5.74, 6) is 0.705. The Balaban J connectivity index is 2.72.